The number of likely N-dealkylation sites (N-methyl/N-ethyl adjacent to an activating group) is 1. The molecule has 0 aliphatic heterocycles. The van der Waals surface area contributed by atoms with E-state index in [1.165, 1.54) is 18.2 Å². The van der Waals surface area contributed by atoms with Crippen LogP contribution >= 0.6 is 11.8 Å². The molecule has 0 atom stereocenters. The van der Waals surface area contributed by atoms with Gasteiger partial charge in [0, 0.05) is 13.1 Å². The summed E-state index contributed by atoms with van der Waals surface area (Å²) in [6.07, 6.45) is 3.33. The number of hydrogen-bond acceptors (Lipinski definition) is 3. The quantitative estimate of drug-likeness (QED) is 0.720. The Bertz CT molecular complexity index is 320. The van der Waals surface area contributed by atoms with Gasteiger partial charge in [-0.25, -0.2) is 4.39 Å². The number of hydrogen-bond donors (Lipinski definition) is 1. The first kappa shape index (κ1) is 14.3. The molecular weight excluding hydrogens is 235 g/mol. The molecular formula is C13H21FN2S. The van der Waals surface area contributed by atoms with Crippen molar-refractivity contribution in [1.82, 2.24) is 4.90 Å². The first-order chi connectivity index (χ1) is 8.24. The van der Waals surface area contributed by atoms with Crippen molar-refractivity contribution in [3.8, 4) is 0 Å². The first-order valence-corrected chi connectivity index (χ1v) is 7.29. The summed E-state index contributed by atoms with van der Waals surface area (Å²) in [6, 6.07) is 6.79. The van der Waals surface area contributed by atoms with E-state index in [1.807, 2.05) is 17.8 Å². The van der Waals surface area contributed by atoms with Gasteiger partial charge in [0.1, 0.15) is 5.82 Å². The fraction of sp³-hybridized carbons (Fsp3) is 0.538. The maximum atomic E-state index is 13.3. The Morgan fingerprint density at radius 3 is 2.76 bits per heavy atom. The number of rotatable bonds is 8. The van der Waals surface area contributed by atoms with E-state index in [0.29, 0.717) is 5.69 Å². The highest BCUT2D eigenvalue weighted by Gasteiger charge is 2.00. The summed E-state index contributed by atoms with van der Waals surface area (Å²) in [5.74, 6) is 1.02. The van der Waals surface area contributed by atoms with Gasteiger partial charge in [-0.1, -0.05) is 12.1 Å². The van der Waals surface area contributed by atoms with Crippen LogP contribution < -0.4 is 5.32 Å². The van der Waals surface area contributed by atoms with Crippen molar-refractivity contribution in [2.75, 3.05) is 44.0 Å². The van der Waals surface area contributed by atoms with E-state index >= 15 is 0 Å². The Hall–Kier alpha value is -0.740. The molecule has 4 heteroatoms. The number of thioether (sulfide) groups is 1. The number of para-hydroxylation sites is 1. The fourth-order valence-corrected chi connectivity index (χ4v) is 1.99. The lowest BCUT2D eigenvalue weighted by molar-refractivity contribution is 0.349. The van der Waals surface area contributed by atoms with Gasteiger partial charge in [-0.2, -0.15) is 11.8 Å². The fourth-order valence-electron chi connectivity index (χ4n) is 1.58. The van der Waals surface area contributed by atoms with Gasteiger partial charge in [0.25, 0.3) is 0 Å². The molecule has 0 radical (unpaired) electrons. The highest BCUT2D eigenvalue weighted by atomic mass is 32.2. The van der Waals surface area contributed by atoms with Crippen LogP contribution in [0.5, 0.6) is 0 Å². The Kier molecular flexibility index (Phi) is 7.05. The molecule has 1 aromatic rings. The summed E-state index contributed by atoms with van der Waals surface area (Å²) in [6.45, 7) is 2.80. The van der Waals surface area contributed by atoms with E-state index in [4.69, 9.17) is 0 Å². The van der Waals surface area contributed by atoms with Crippen LogP contribution in [0.4, 0.5) is 10.1 Å². The van der Waals surface area contributed by atoms with E-state index in [0.717, 1.165) is 19.6 Å². The van der Waals surface area contributed by atoms with Crippen molar-refractivity contribution in [2.45, 2.75) is 6.42 Å². The van der Waals surface area contributed by atoms with E-state index in [2.05, 4.69) is 23.5 Å². The van der Waals surface area contributed by atoms with Gasteiger partial charge >= 0.3 is 0 Å². The van der Waals surface area contributed by atoms with Crippen LogP contribution in [0.15, 0.2) is 24.3 Å². The van der Waals surface area contributed by atoms with Gasteiger partial charge in [0.05, 0.1) is 5.69 Å². The van der Waals surface area contributed by atoms with Crippen molar-refractivity contribution in [2.24, 2.45) is 0 Å². The first-order valence-electron chi connectivity index (χ1n) is 5.90. The van der Waals surface area contributed by atoms with Crippen molar-refractivity contribution in [3.63, 3.8) is 0 Å². The predicted octanol–water partition coefficient (Wildman–Crippen LogP) is 2.92. The van der Waals surface area contributed by atoms with Gasteiger partial charge in [-0.05, 0) is 44.2 Å². The van der Waals surface area contributed by atoms with Crippen LogP contribution in [0, 0.1) is 5.82 Å². The molecule has 0 saturated heterocycles. The van der Waals surface area contributed by atoms with Crippen LogP contribution in [0.3, 0.4) is 0 Å². The predicted molar refractivity (Wildman–Crippen MR) is 75.4 cm³/mol. The minimum Gasteiger partial charge on any atom is -0.381 e. The molecule has 0 heterocycles. The van der Waals surface area contributed by atoms with Crippen LogP contribution in [-0.2, 0) is 0 Å². The van der Waals surface area contributed by atoms with Gasteiger partial charge in [-0.15, -0.1) is 0 Å². The zero-order valence-corrected chi connectivity index (χ0v) is 11.4. The second kappa shape index (κ2) is 8.37. The monoisotopic (exact) mass is 256 g/mol. The summed E-state index contributed by atoms with van der Waals surface area (Å²) in [7, 11) is 2.10. The third kappa shape index (κ3) is 5.94. The van der Waals surface area contributed by atoms with Gasteiger partial charge < -0.3 is 10.2 Å². The van der Waals surface area contributed by atoms with Gasteiger partial charge in [0.15, 0.2) is 0 Å². The summed E-state index contributed by atoms with van der Waals surface area (Å²) < 4.78 is 13.3. The molecule has 0 aromatic heterocycles. The van der Waals surface area contributed by atoms with Crippen LogP contribution in [-0.4, -0.2) is 43.6 Å². The summed E-state index contributed by atoms with van der Waals surface area (Å²) >= 11 is 1.87. The normalized spacial score (nSPS) is 10.8. The molecule has 2 nitrogen and oxygen atoms in total. The highest BCUT2D eigenvalue weighted by molar-refractivity contribution is 7.98. The summed E-state index contributed by atoms with van der Waals surface area (Å²) in [5.41, 5.74) is 0.588. The van der Waals surface area contributed by atoms with Gasteiger partial charge in [0.2, 0.25) is 0 Å². The third-order valence-electron chi connectivity index (χ3n) is 2.57. The van der Waals surface area contributed by atoms with E-state index in [9.17, 15) is 4.39 Å². The molecule has 0 bridgehead atoms. The Balaban J connectivity index is 2.17. The van der Waals surface area contributed by atoms with E-state index < -0.39 is 0 Å². The minimum absolute atomic E-state index is 0.183. The molecule has 1 aromatic carbocycles. The maximum absolute atomic E-state index is 13.3. The van der Waals surface area contributed by atoms with Crippen LogP contribution in [0.25, 0.3) is 0 Å². The minimum atomic E-state index is -0.183. The Morgan fingerprint density at radius 2 is 2.06 bits per heavy atom. The summed E-state index contributed by atoms with van der Waals surface area (Å²) in [5, 5.41) is 3.11. The molecule has 0 unspecified atom stereocenters. The Morgan fingerprint density at radius 1 is 1.29 bits per heavy atom. The van der Waals surface area contributed by atoms with Crippen molar-refractivity contribution in [1.29, 1.82) is 0 Å². The van der Waals surface area contributed by atoms with Crippen molar-refractivity contribution < 1.29 is 4.39 Å². The van der Waals surface area contributed by atoms with Crippen molar-refractivity contribution >= 4 is 17.4 Å². The number of nitrogens with zero attached hydrogens (tertiary/aromatic N) is 1. The zero-order chi connectivity index (χ0) is 12.5. The lowest BCUT2D eigenvalue weighted by atomic mass is 10.3. The smallest absolute Gasteiger partial charge is 0.146 e. The van der Waals surface area contributed by atoms with Gasteiger partial charge in [-0.3, -0.25) is 0 Å². The number of nitrogens with one attached hydrogen (secondary N) is 1. The molecule has 0 aliphatic rings. The second-order valence-corrected chi connectivity index (χ2v) is 5.04. The highest BCUT2D eigenvalue weighted by Crippen LogP contribution is 2.11. The Labute approximate surface area is 108 Å². The van der Waals surface area contributed by atoms with Crippen molar-refractivity contribution in [3.05, 3.63) is 30.1 Å². The second-order valence-electron chi connectivity index (χ2n) is 4.06. The zero-order valence-electron chi connectivity index (χ0n) is 10.6. The standard InChI is InChI=1S/C13H21FN2S/c1-16(9-5-11-17-2)10-8-15-13-7-4-3-6-12(13)14/h3-4,6-7,15H,5,8-11H2,1-2H3. The largest absolute Gasteiger partial charge is 0.381 e. The molecule has 1 N–H and O–H groups in total. The topological polar surface area (TPSA) is 15.3 Å². The molecule has 17 heavy (non-hydrogen) atoms. The average molecular weight is 256 g/mol. The lowest BCUT2D eigenvalue weighted by Gasteiger charge is -2.17. The molecule has 0 spiro atoms. The summed E-state index contributed by atoms with van der Waals surface area (Å²) in [4.78, 5) is 2.27. The molecule has 96 valence electrons. The SMILES string of the molecule is CSCCCN(C)CCNc1ccccc1F. The molecule has 0 aliphatic carbocycles. The average Bonchev–Trinajstić information content (AvgIpc) is 2.32. The van der Waals surface area contributed by atoms with Crippen LogP contribution in [0.1, 0.15) is 6.42 Å². The lowest BCUT2D eigenvalue weighted by Crippen LogP contribution is -2.26. The number of halogens is 1. The third-order valence-corrected chi connectivity index (χ3v) is 3.27. The van der Waals surface area contributed by atoms with E-state index in [1.54, 1.807) is 12.1 Å². The number of anilines is 1. The molecule has 0 amide bonds. The van der Waals surface area contributed by atoms with Crippen LogP contribution in [0.2, 0.25) is 0 Å². The molecule has 1 rings (SSSR count). The molecule has 0 fully saturated rings. The number of benzene rings is 1. The maximum Gasteiger partial charge on any atom is 0.146 e. The molecule has 0 saturated carbocycles. The van der Waals surface area contributed by atoms with E-state index in [-0.39, 0.29) is 5.82 Å².